The molecule has 1 N–H and O–H groups in total. The lowest BCUT2D eigenvalue weighted by Crippen LogP contribution is -2.30. The molecule has 100 valence electrons. The van der Waals surface area contributed by atoms with E-state index in [0.717, 1.165) is 30.8 Å². The second-order valence-corrected chi connectivity index (χ2v) is 5.39. The third-order valence-corrected chi connectivity index (χ3v) is 3.95. The molecule has 1 atom stereocenters. The van der Waals surface area contributed by atoms with Gasteiger partial charge in [-0.3, -0.25) is 0 Å². The maximum atomic E-state index is 5.50. The topological polar surface area (TPSA) is 38.1 Å². The number of aryl methyl sites for hydroxylation is 1. The zero-order valence-electron chi connectivity index (χ0n) is 11.4. The van der Waals surface area contributed by atoms with E-state index in [4.69, 9.17) is 4.52 Å². The molecule has 1 aliphatic rings. The molecule has 1 saturated heterocycles. The summed E-state index contributed by atoms with van der Waals surface area (Å²) in [6.45, 7) is 4.37. The fourth-order valence-corrected chi connectivity index (χ4v) is 2.87. The average molecular weight is 256 g/mol. The molecule has 0 radical (unpaired) electrons. The Balaban J connectivity index is 1.84. The van der Waals surface area contributed by atoms with Gasteiger partial charge in [0.05, 0.1) is 6.20 Å². The standard InChI is InChI=1S/C16H20N2O/c1-12-5-2-3-7-14(12)15-11-18-19-16(15)9-13-6-4-8-17-10-13/h2-3,5,7,11,13,17H,4,6,8-10H2,1H3. The number of aromatic nitrogens is 1. The summed E-state index contributed by atoms with van der Waals surface area (Å²) in [5, 5.41) is 7.47. The maximum Gasteiger partial charge on any atom is 0.144 e. The molecule has 2 aromatic rings. The van der Waals surface area contributed by atoms with Crippen molar-refractivity contribution in [1.29, 1.82) is 0 Å². The third-order valence-electron chi connectivity index (χ3n) is 3.95. The first-order valence-electron chi connectivity index (χ1n) is 7.05. The average Bonchev–Trinajstić information content (AvgIpc) is 2.88. The summed E-state index contributed by atoms with van der Waals surface area (Å²) in [5.41, 5.74) is 3.67. The molecule has 0 bridgehead atoms. The van der Waals surface area contributed by atoms with E-state index in [0.29, 0.717) is 5.92 Å². The van der Waals surface area contributed by atoms with Gasteiger partial charge in [-0.15, -0.1) is 0 Å². The monoisotopic (exact) mass is 256 g/mol. The predicted molar refractivity (Wildman–Crippen MR) is 76.0 cm³/mol. The van der Waals surface area contributed by atoms with E-state index in [9.17, 15) is 0 Å². The molecule has 0 saturated carbocycles. The minimum Gasteiger partial charge on any atom is -0.361 e. The maximum absolute atomic E-state index is 5.50. The molecule has 2 heterocycles. The SMILES string of the molecule is Cc1ccccc1-c1cnoc1CC1CCCNC1. The molecule has 1 aromatic carbocycles. The first kappa shape index (κ1) is 12.4. The van der Waals surface area contributed by atoms with Gasteiger partial charge in [0, 0.05) is 12.0 Å². The van der Waals surface area contributed by atoms with E-state index in [1.54, 1.807) is 0 Å². The number of piperidine rings is 1. The van der Waals surface area contributed by atoms with Crippen LogP contribution in [0.1, 0.15) is 24.2 Å². The van der Waals surface area contributed by atoms with Crippen molar-refractivity contribution in [1.82, 2.24) is 10.5 Å². The van der Waals surface area contributed by atoms with Gasteiger partial charge in [0.2, 0.25) is 0 Å². The Labute approximate surface area is 114 Å². The summed E-state index contributed by atoms with van der Waals surface area (Å²) >= 11 is 0. The Morgan fingerprint density at radius 1 is 1.32 bits per heavy atom. The number of hydrogen-bond acceptors (Lipinski definition) is 3. The molecule has 1 fully saturated rings. The number of nitrogens with zero attached hydrogens (tertiary/aromatic N) is 1. The fraction of sp³-hybridized carbons (Fsp3) is 0.438. The van der Waals surface area contributed by atoms with Gasteiger partial charge < -0.3 is 9.84 Å². The smallest absolute Gasteiger partial charge is 0.144 e. The van der Waals surface area contributed by atoms with Crippen LogP contribution in [0.3, 0.4) is 0 Å². The zero-order valence-corrected chi connectivity index (χ0v) is 11.4. The second kappa shape index (κ2) is 5.57. The normalized spacial score (nSPS) is 19.5. The van der Waals surface area contributed by atoms with E-state index < -0.39 is 0 Å². The number of benzene rings is 1. The van der Waals surface area contributed by atoms with Crippen molar-refractivity contribution in [3.8, 4) is 11.1 Å². The Kier molecular flexibility index (Phi) is 3.65. The molecule has 3 nitrogen and oxygen atoms in total. The van der Waals surface area contributed by atoms with Gasteiger partial charge in [0.1, 0.15) is 5.76 Å². The first-order valence-corrected chi connectivity index (χ1v) is 7.05. The summed E-state index contributed by atoms with van der Waals surface area (Å²) in [6.07, 6.45) is 5.38. The molecule has 3 rings (SSSR count). The van der Waals surface area contributed by atoms with E-state index >= 15 is 0 Å². The van der Waals surface area contributed by atoms with E-state index in [1.165, 1.54) is 24.0 Å². The van der Waals surface area contributed by atoms with Crippen molar-refractivity contribution >= 4 is 0 Å². The van der Waals surface area contributed by atoms with Crippen LogP contribution >= 0.6 is 0 Å². The number of rotatable bonds is 3. The largest absolute Gasteiger partial charge is 0.361 e. The van der Waals surface area contributed by atoms with Crippen LogP contribution in [0.4, 0.5) is 0 Å². The summed E-state index contributed by atoms with van der Waals surface area (Å²) in [5.74, 6) is 1.70. The highest BCUT2D eigenvalue weighted by Gasteiger charge is 2.19. The highest BCUT2D eigenvalue weighted by Crippen LogP contribution is 2.29. The van der Waals surface area contributed by atoms with Crippen molar-refractivity contribution in [3.63, 3.8) is 0 Å². The molecule has 0 amide bonds. The van der Waals surface area contributed by atoms with Crippen molar-refractivity contribution in [3.05, 3.63) is 41.8 Å². The first-order chi connectivity index (χ1) is 9.34. The van der Waals surface area contributed by atoms with Gasteiger partial charge in [-0.1, -0.05) is 29.4 Å². The zero-order chi connectivity index (χ0) is 13.1. The van der Waals surface area contributed by atoms with Crippen molar-refractivity contribution in [2.75, 3.05) is 13.1 Å². The lowest BCUT2D eigenvalue weighted by Gasteiger charge is -2.21. The Morgan fingerprint density at radius 3 is 3.00 bits per heavy atom. The minimum atomic E-state index is 0.671. The Morgan fingerprint density at radius 2 is 2.21 bits per heavy atom. The molecular weight excluding hydrogens is 236 g/mol. The van der Waals surface area contributed by atoms with Crippen molar-refractivity contribution in [2.45, 2.75) is 26.2 Å². The summed E-state index contributed by atoms with van der Waals surface area (Å²) in [4.78, 5) is 0. The lowest BCUT2D eigenvalue weighted by atomic mass is 9.92. The molecule has 3 heteroatoms. The second-order valence-electron chi connectivity index (χ2n) is 5.39. The van der Waals surface area contributed by atoms with Crippen LogP contribution in [-0.4, -0.2) is 18.2 Å². The van der Waals surface area contributed by atoms with Gasteiger partial charge >= 0.3 is 0 Å². The fourth-order valence-electron chi connectivity index (χ4n) is 2.87. The number of hydrogen-bond donors (Lipinski definition) is 1. The molecule has 19 heavy (non-hydrogen) atoms. The third kappa shape index (κ3) is 2.71. The summed E-state index contributed by atoms with van der Waals surface area (Å²) in [7, 11) is 0. The lowest BCUT2D eigenvalue weighted by molar-refractivity contribution is 0.321. The van der Waals surface area contributed by atoms with Crippen LogP contribution in [0.15, 0.2) is 35.0 Å². The van der Waals surface area contributed by atoms with Crippen LogP contribution in [0.25, 0.3) is 11.1 Å². The van der Waals surface area contributed by atoms with Crippen molar-refractivity contribution < 1.29 is 4.52 Å². The molecule has 0 aliphatic carbocycles. The molecule has 1 aliphatic heterocycles. The van der Waals surface area contributed by atoms with Crippen LogP contribution < -0.4 is 5.32 Å². The van der Waals surface area contributed by atoms with E-state index in [-0.39, 0.29) is 0 Å². The molecule has 1 unspecified atom stereocenters. The Bertz CT molecular complexity index is 541. The predicted octanol–water partition coefficient (Wildman–Crippen LogP) is 3.19. The van der Waals surface area contributed by atoms with Gasteiger partial charge in [-0.2, -0.15) is 0 Å². The molecular formula is C16H20N2O. The Hall–Kier alpha value is -1.61. The van der Waals surface area contributed by atoms with Crippen LogP contribution in [0.5, 0.6) is 0 Å². The minimum absolute atomic E-state index is 0.671. The van der Waals surface area contributed by atoms with Gasteiger partial charge in [0.15, 0.2) is 0 Å². The van der Waals surface area contributed by atoms with E-state index in [1.807, 2.05) is 6.20 Å². The van der Waals surface area contributed by atoms with Crippen LogP contribution in [-0.2, 0) is 6.42 Å². The van der Waals surface area contributed by atoms with Crippen molar-refractivity contribution in [2.24, 2.45) is 5.92 Å². The van der Waals surface area contributed by atoms with E-state index in [2.05, 4.69) is 41.7 Å². The highest BCUT2D eigenvalue weighted by atomic mass is 16.5. The van der Waals surface area contributed by atoms with Crippen LogP contribution in [0, 0.1) is 12.8 Å². The van der Waals surface area contributed by atoms with Gasteiger partial charge in [0.25, 0.3) is 0 Å². The summed E-state index contributed by atoms with van der Waals surface area (Å²) in [6, 6.07) is 8.41. The van der Waals surface area contributed by atoms with Gasteiger partial charge in [-0.25, -0.2) is 0 Å². The summed E-state index contributed by atoms with van der Waals surface area (Å²) < 4.78 is 5.50. The highest BCUT2D eigenvalue weighted by molar-refractivity contribution is 5.68. The van der Waals surface area contributed by atoms with Crippen LogP contribution in [0.2, 0.25) is 0 Å². The molecule has 1 aromatic heterocycles. The van der Waals surface area contributed by atoms with Gasteiger partial charge in [-0.05, 0) is 49.9 Å². The molecule has 0 spiro atoms. The number of nitrogens with one attached hydrogen (secondary N) is 1. The quantitative estimate of drug-likeness (QED) is 0.916.